The summed E-state index contributed by atoms with van der Waals surface area (Å²) in [4.78, 5) is 14.1. The lowest BCUT2D eigenvalue weighted by Gasteiger charge is -2.24. The third kappa shape index (κ3) is 2.17. The van der Waals surface area contributed by atoms with Crippen LogP contribution in [0.25, 0.3) is 0 Å². The summed E-state index contributed by atoms with van der Waals surface area (Å²) in [6.45, 7) is 6.72. The summed E-state index contributed by atoms with van der Waals surface area (Å²) >= 11 is 0. The molecule has 86 valence electrons. The number of carbonyl (C=O) groups is 1. The molecule has 2 N–H and O–H groups in total. The lowest BCUT2D eigenvalue weighted by atomic mass is 9.90. The van der Waals surface area contributed by atoms with Gasteiger partial charge in [0.2, 0.25) is 5.91 Å². The van der Waals surface area contributed by atoms with Crippen molar-refractivity contribution >= 4 is 5.91 Å². The Morgan fingerprint density at radius 3 is 2.73 bits per heavy atom. The van der Waals surface area contributed by atoms with Crippen molar-refractivity contribution < 1.29 is 4.79 Å². The molecule has 1 aliphatic heterocycles. The largest absolute Gasteiger partial charge is 0.342 e. The minimum atomic E-state index is 0.166. The Kier molecular flexibility index (Phi) is 2.75. The number of rotatable bonds is 3. The first-order chi connectivity index (χ1) is 7.06. The quantitative estimate of drug-likeness (QED) is 0.761. The van der Waals surface area contributed by atoms with E-state index in [2.05, 4.69) is 13.8 Å². The first-order valence-electron chi connectivity index (χ1n) is 6.04. The average Bonchev–Trinajstić information content (AvgIpc) is 3.00. The molecule has 2 atom stereocenters. The molecule has 3 heteroatoms. The van der Waals surface area contributed by atoms with Crippen LogP contribution in [-0.4, -0.2) is 30.4 Å². The lowest BCUT2D eigenvalue weighted by molar-refractivity contribution is -0.134. The summed E-state index contributed by atoms with van der Waals surface area (Å²) < 4.78 is 0. The van der Waals surface area contributed by atoms with Gasteiger partial charge in [-0.15, -0.1) is 0 Å². The van der Waals surface area contributed by atoms with E-state index in [0.29, 0.717) is 18.4 Å². The predicted molar refractivity (Wildman–Crippen MR) is 60.2 cm³/mol. The molecule has 1 heterocycles. The van der Waals surface area contributed by atoms with E-state index in [1.165, 1.54) is 12.8 Å². The highest BCUT2D eigenvalue weighted by Crippen LogP contribution is 2.39. The van der Waals surface area contributed by atoms with Gasteiger partial charge >= 0.3 is 0 Å². The first-order valence-corrected chi connectivity index (χ1v) is 6.04. The van der Waals surface area contributed by atoms with E-state index in [4.69, 9.17) is 5.73 Å². The van der Waals surface area contributed by atoms with Gasteiger partial charge < -0.3 is 10.6 Å². The smallest absolute Gasteiger partial charge is 0.225 e. The molecule has 1 saturated heterocycles. The molecular formula is C12H22N2O. The van der Waals surface area contributed by atoms with Crippen molar-refractivity contribution in [1.29, 1.82) is 0 Å². The van der Waals surface area contributed by atoms with Crippen LogP contribution in [-0.2, 0) is 4.79 Å². The predicted octanol–water partition coefficient (Wildman–Crippen LogP) is 1.23. The van der Waals surface area contributed by atoms with Crippen LogP contribution < -0.4 is 5.73 Å². The lowest BCUT2D eigenvalue weighted by Crippen LogP contribution is -2.37. The molecule has 1 amide bonds. The maximum atomic E-state index is 12.1. The summed E-state index contributed by atoms with van der Waals surface area (Å²) in [7, 11) is 0. The Hall–Kier alpha value is -0.570. The van der Waals surface area contributed by atoms with E-state index in [9.17, 15) is 4.79 Å². The number of nitrogens with two attached hydrogens (primary N) is 1. The van der Waals surface area contributed by atoms with Crippen LogP contribution in [0.5, 0.6) is 0 Å². The van der Waals surface area contributed by atoms with E-state index < -0.39 is 0 Å². The van der Waals surface area contributed by atoms with Crippen molar-refractivity contribution in [3.05, 3.63) is 0 Å². The van der Waals surface area contributed by atoms with Crippen molar-refractivity contribution in [3.8, 4) is 0 Å². The number of hydrogen-bond acceptors (Lipinski definition) is 2. The summed E-state index contributed by atoms with van der Waals surface area (Å²) in [6.07, 6.45) is 3.55. The standard InChI is InChI=1S/C12H22N2O/c1-9(10-3-4-10)11(15)14-6-5-12(2,7-13)8-14/h9-10H,3-8,13H2,1-2H3. The molecule has 2 unspecified atom stereocenters. The first kappa shape index (κ1) is 10.9. The minimum Gasteiger partial charge on any atom is -0.342 e. The zero-order valence-corrected chi connectivity index (χ0v) is 9.83. The monoisotopic (exact) mass is 210 g/mol. The average molecular weight is 210 g/mol. The van der Waals surface area contributed by atoms with Crippen molar-refractivity contribution in [2.45, 2.75) is 33.1 Å². The highest BCUT2D eigenvalue weighted by molar-refractivity contribution is 5.79. The fourth-order valence-corrected chi connectivity index (χ4v) is 2.46. The zero-order valence-electron chi connectivity index (χ0n) is 9.83. The van der Waals surface area contributed by atoms with E-state index in [0.717, 1.165) is 19.5 Å². The van der Waals surface area contributed by atoms with Crippen molar-refractivity contribution in [3.63, 3.8) is 0 Å². The topological polar surface area (TPSA) is 46.3 Å². The second kappa shape index (κ2) is 3.78. The molecule has 1 aliphatic carbocycles. The van der Waals surface area contributed by atoms with E-state index >= 15 is 0 Å². The number of likely N-dealkylation sites (tertiary alicyclic amines) is 1. The van der Waals surface area contributed by atoms with Crippen LogP contribution in [0.3, 0.4) is 0 Å². The van der Waals surface area contributed by atoms with Crippen molar-refractivity contribution in [2.75, 3.05) is 19.6 Å². The van der Waals surface area contributed by atoms with Crippen molar-refractivity contribution in [1.82, 2.24) is 4.90 Å². The molecule has 0 radical (unpaired) electrons. The normalized spacial score (nSPS) is 33.1. The number of hydrogen-bond donors (Lipinski definition) is 1. The Morgan fingerprint density at radius 1 is 1.60 bits per heavy atom. The van der Waals surface area contributed by atoms with E-state index in [1.807, 2.05) is 4.90 Å². The SMILES string of the molecule is CC(C(=O)N1CCC(C)(CN)C1)C1CC1. The molecule has 2 fully saturated rings. The number of amides is 1. The maximum absolute atomic E-state index is 12.1. The van der Waals surface area contributed by atoms with Crippen LogP contribution in [0.1, 0.15) is 33.1 Å². The van der Waals surface area contributed by atoms with Crippen LogP contribution >= 0.6 is 0 Å². The highest BCUT2D eigenvalue weighted by Gasteiger charge is 2.40. The number of nitrogens with zero attached hydrogens (tertiary/aromatic N) is 1. The van der Waals surface area contributed by atoms with Gasteiger partial charge in [0.15, 0.2) is 0 Å². The van der Waals surface area contributed by atoms with Crippen LogP contribution in [0.4, 0.5) is 0 Å². The molecule has 0 bridgehead atoms. The van der Waals surface area contributed by atoms with Gasteiger partial charge in [0.25, 0.3) is 0 Å². The molecule has 0 aromatic heterocycles. The molecule has 2 aliphatic rings. The molecular weight excluding hydrogens is 188 g/mol. The summed E-state index contributed by atoms with van der Waals surface area (Å²) in [5.41, 5.74) is 5.91. The minimum absolute atomic E-state index is 0.166. The molecule has 0 aromatic rings. The fourth-order valence-electron chi connectivity index (χ4n) is 2.46. The second-order valence-corrected chi connectivity index (χ2v) is 5.65. The van der Waals surface area contributed by atoms with Gasteiger partial charge in [-0.05, 0) is 37.1 Å². The second-order valence-electron chi connectivity index (χ2n) is 5.65. The van der Waals surface area contributed by atoms with E-state index in [1.54, 1.807) is 0 Å². The van der Waals surface area contributed by atoms with Gasteiger partial charge in [-0.1, -0.05) is 13.8 Å². The van der Waals surface area contributed by atoms with Gasteiger partial charge in [-0.25, -0.2) is 0 Å². The summed E-state index contributed by atoms with van der Waals surface area (Å²) in [5, 5.41) is 0. The maximum Gasteiger partial charge on any atom is 0.225 e. The third-order valence-corrected chi connectivity index (χ3v) is 4.08. The molecule has 15 heavy (non-hydrogen) atoms. The van der Waals surface area contributed by atoms with Gasteiger partial charge in [0.1, 0.15) is 0 Å². The molecule has 3 nitrogen and oxygen atoms in total. The Labute approximate surface area is 92.0 Å². The molecule has 0 spiro atoms. The molecule has 1 saturated carbocycles. The summed E-state index contributed by atoms with van der Waals surface area (Å²) in [5.74, 6) is 1.27. The van der Waals surface area contributed by atoms with Gasteiger partial charge in [-0.3, -0.25) is 4.79 Å². The van der Waals surface area contributed by atoms with Crippen molar-refractivity contribution in [2.24, 2.45) is 23.0 Å². The Morgan fingerprint density at radius 2 is 2.27 bits per heavy atom. The third-order valence-electron chi connectivity index (χ3n) is 4.08. The highest BCUT2D eigenvalue weighted by atomic mass is 16.2. The van der Waals surface area contributed by atoms with Crippen LogP contribution in [0, 0.1) is 17.3 Å². The Balaban J connectivity index is 1.92. The fraction of sp³-hybridized carbons (Fsp3) is 0.917. The molecule has 0 aromatic carbocycles. The van der Waals surface area contributed by atoms with Gasteiger partial charge in [0, 0.05) is 19.0 Å². The van der Waals surface area contributed by atoms with E-state index in [-0.39, 0.29) is 11.3 Å². The van der Waals surface area contributed by atoms with Crippen LogP contribution in [0.2, 0.25) is 0 Å². The summed E-state index contributed by atoms with van der Waals surface area (Å²) in [6, 6.07) is 0. The zero-order chi connectivity index (χ0) is 11.1. The Bertz CT molecular complexity index is 262. The molecule has 2 rings (SSSR count). The van der Waals surface area contributed by atoms with Gasteiger partial charge in [0.05, 0.1) is 0 Å². The number of carbonyl (C=O) groups excluding carboxylic acids is 1. The van der Waals surface area contributed by atoms with Crippen LogP contribution in [0.15, 0.2) is 0 Å². The van der Waals surface area contributed by atoms with Gasteiger partial charge in [-0.2, -0.15) is 0 Å².